The normalized spacial score (nSPS) is 11.9. The number of furan rings is 1. The molecule has 1 aromatic heterocycles. The summed E-state index contributed by atoms with van der Waals surface area (Å²) in [4.78, 5) is 23.3. The van der Waals surface area contributed by atoms with Crippen LogP contribution in [0.2, 0.25) is 0 Å². The number of carboxylic acids is 1. The zero-order chi connectivity index (χ0) is 16.1. The number of carbonyl (C=O) groups excluding carboxylic acids is 1. The highest BCUT2D eigenvalue weighted by atomic mass is 19.1. The Kier molecular flexibility index (Phi) is 4.93. The number of aryl methyl sites for hydroxylation is 1. The molecule has 22 heavy (non-hydrogen) atoms. The molecule has 6 heteroatoms. The molecule has 1 atom stereocenters. The van der Waals surface area contributed by atoms with Gasteiger partial charge in [-0.1, -0.05) is 19.1 Å². The molecule has 1 unspecified atom stereocenters. The Hall–Kier alpha value is -2.63. The fourth-order valence-corrected chi connectivity index (χ4v) is 2.17. The topological polar surface area (TPSA) is 79.5 Å². The van der Waals surface area contributed by atoms with Gasteiger partial charge in [-0.2, -0.15) is 0 Å². The minimum atomic E-state index is -1.06. The second-order valence-corrected chi connectivity index (χ2v) is 4.79. The molecule has 2 aromatic rings. The van der Waals surface area contributed by atoms with Crippen LogP contribution in [0.15, 0.2) is 41.0 Å². The number of hydrogen-bond donors (Lipinski definition) is 2. The summed E-state index contributed by atoms with van der Waals surface area (Å²) in [6, 6.07) is 6.16. The van der Waals surface area contributed by atoms with Gasteiger partial charge in [0, 0.05) is 6.42 Å². The molecule has 2 rings (SSSR count). The van der Waals surface area contributed by atoms with Gasteiger partial charge in [-0.25, -0.2) is 4.39 Å². The van der Waals surface area contributed by atoms with Gasteiger partial charge in [0.25, 0.3) is 5.91 Å². The molecule has 116 valence electrons. The molecule has 0 spiro atoms. The number of benzene rings is 1. The first-order valence-electron chi connectivity index (χ1n) is 6.85. The molecule has 1 amide bonds. The van der Waals surface area contributed by atoms with Gasteiger partial charge in [-0.15, -0.1) is 0 Å². The average Bonchev–Trinajstić information content (AvgIpc) is 2.95. The molecule has 1 heterocycles. The summed E-state index contributed by atoms with van der Waals surface area (Å²) in [6.45, 7) is 1.85. The van der Waals surface area contributed by atoms with E-state index in [1.165, 1.54) is 36.6 Å². The summed E-state index contributed by atoms with van der Waals surface area (Å²) < 4.78 is 18.2. The summed E-state index contributed by atoms with van der Waals surface area (Å²) in [7, 11) is 0. The van der Waals surface area contributed by atoms with Crippen LogP contribution in [0, 0.1) is 5.82 Å². The fourth-order valence-electron chi connectivity index (χ4n) is 2.17. The van der Waals surface area contributed by atoms with Crippen LogP contribution < -0.4 is 5.32 Å². The Bertz CT molecular complexity index is 663. The van der Waals surface area contributed by atoms with Gasteiger partial charge in [-0.05, 0) is 23.8 Å². The summed E-state index contributed by atoms with van der Waals surface area (Å²) in [6.07, 6.45) is 1.67. The Balaban J connectivity index is 2.21. The SMILES string of the molecule is CCc1occc1C(=O)NC(CC(=O)O)c1ccc(F)cc1. The molecule has 0 aliphatic rings. The Morgan fingerprint density at radius 1 is 1.27 bits per heavy atom. The van der Waals surface area contributed by atoms with E-state index in [2.05, 4.69) is 5.32 Å². The summed E-state index contributed by atoms with van der Waals surface area (Å²) in [5.41, 5.74) is 0.902. The third kappa shape index (κ3) is 3.72. The molecule has 0 saturated carbocycles. The lowest BCUT2D eigenvalue weighted by atomic mass is 10.0. The number of carboxylic acid groups (broad SMARTS) is 1. The van der Waals surface area contributed by atoms with Crippen molar-refractivity contribution in [2.45, 2.75) is 25.8 Å². The van der Waals surface area contributed by atoms with Crippen LogP contribution >= 0.6 is 0 Å². The number of amides is 1. The van der Waals surface area contributed by atoms with E-state index in [1.807, 2.05) is 6.92 Å². The summed E-state index contributed by atoms with van der Waals surface area (Å²) in [5, 5.41) is 11.7. The summed E-state index contributed by atoms with van der Waals surface area (Å²) in [5.74, 6) is -1.36. The molecule has 5 nitrogen and oxygen atoms in total. The quantitative estimate of drug-likeness (QED) is 0.860. The zero-order valence-electron chi connectivity index (χ0n) is 12.0. The van der Waals surface area contributed by atoms with Gasteiger partial charge in [-0.3, -0.25) is 9.59 Å². The molecule has 0 radical (unpaired) electrons. The third-order valence-electron chi connectivity index (χ3n) is 3.27. The summed E-state index contributed by atoms with van der Waals surface area (Å²) >= 11 is 0. The van der Waals surface area contributed by atoms with Crippen LogP contribution in [0.5, 0.6) is 0 Å². The Morgan fingerprint density at radius 2 is 1.95 bits per heavy atom. The molecule has 0 aliphatic heterocycles. The lowest BCUT2D eigenvalue weighted by Gasteiger charge is -2.17. The van der Waals surface area contributed by atoms with E-state index in [0.717, 1.165) is 0 Å². The van der Waals surface area contributed by atoms with Gasteiger partial charge in [0.1, 0.15) is 11.6 Å². The van der Waals surface area contributed by atoms with Crippen LogP contribution in [0.4, 0.5) is 4.39 Å². The van der Waals surface area contributed by atoms with Crippen molar-refractivity contribution in [1.82, 2.24) is 5.32 Å². The van der Waals surface area contributed by atoms with Gasteiger partial charge < -0.3 is 14.8 Å². The molecule has 0 bridgehead atoms. The number of carbonyl (C=O) groups is 2. The van der Waals surface area contributed by atoms with E-state index in [0.29, 0.717) is 23.3 Å². The van der Waals surface area contributed by atoms with Gasteiger partial charge in [0.15, 0.2) is 0 Å². The predicted octanol–water partition coefficient (Wildman–Crippen LogP) is 2.93. The highest BCUT2D eigenvalue weighted by molar-refractivity contribution is 5.95. The van der Waals surface area contributed by atoms with Crippen molar-refractivity contribution in [3.05, 3.63) is 59.3 Å². The standard InChI is InChI=1S/C16H16FNO4/c1-2-14-12(7-8-22-14)16(21)18-13(9-15(19)20)10-3-5-11(17)6-4-10/h3-8,13H,2,9H2,1H3,(H,18,21)(H,19,20). The van der Waals surface area contributed by atoms with Crippen LogP contribution in [0.1, 0.15) is 41.1 Å². The first-order valence-corrected chi connectivity index (χ1v) is 6.85. The monoisotopic (exact) mass is 305 g/mol. The van der Waals surface area contributed by atoms with Gasteiger partial charge in [0.2, 0.25) is 0 Å². The number of hydrogen-bond acceptors (Lipinski definition) is 3. The van der Waals surface area contributed by atoms with Crippen molar-refractivity contribution in [2.75, 3.05) is 0 Å². The lowest BCUT2D eigenvalue weighted by molar-refractivity contribution is -0.137. The van der Waals surface area contributed by atoms with E-state index < -0.39 is 23.7 Å². The second kappa shape index (κ2) is 6.89. The van der Waals surface area contributed by atoms with Crippen LogP contribution in [-0.2, 0) is 11.2 Å². The second-order valence-electron chi connectivity index (χ2n) is 4.79. The van der Waals surface area contributed by atoms with E-state index in [9.17, 15) is 14.0 Å². The van der Waals surface area contributed by atoms with Crippen molar-refractivity contribution in [3.63, 3.8) is 0 Å². The number of nitrogens with one attached hydrogen (secondary N) is 1. The molecule has 1 aromatic carbocycles. The average molecular weight is 305 g/mol. The zero-order valence-corrected chi connectivity index (χ0v) is 12.0. The van der Waals surface area contributed by atoms with E-state index in [-0.39, 0.29) is 6.42 Å². The largest absolute Gasteiger partial charge is 0.481 e. The van der Waals surface area contributed by atoms with Crippen molar-refractivity contribution in [2.24, 2.45) is 0 Å². The van der Waals surface area contributed by atoms with Crippen LogP contribution in [-0.4, -0.2) is 17.0 Å². The third-order valence-corrected chi connectivity index (χ3v) is 3.27. The maximum absolute atomic E-state index is 13.0. The van der Waals surface area contributed by atoms with Crippen LogP contribution in [0.3, 0.4) is 0 Å². The van der Waals surface area contributed by atoms with Crippen molar-refractivity contribution < 1.29 is 23.5 Å². The highest BCUT2D eigenvalue weighted by Crippen LogP contribution is 2.19. The number of rotatable bonds is 6. The van der Waals surface area contributed by atoms with Crippen molar-refractivity contribution in [1.29, 1.82) is 0 Å². The number of aliphatic carboxylic acids is 1. The molecular formula is C16H16FNO4. The molecule has 2 N–H and O–H groups in total. The smallest absolute Gasteiger partial charge is 0.305 e. The minimum Gasteiger partial charge on any atom is -0.481 e. The Labute approximate surface area is 126 Å². The van der Waals surface area contributed by atoms with Gasteiger partial charge >= 0.3 is 5.97 Å². The van der Waals surface area contributed by atoms with Crippen LogP contribution in [0.25, 0.3) is 0 Å². The highest BCUT2D eigenvalue weighted by Gasteiger charge is 2.21. The Morgan fingerprint density at radius 3 is 2.55 bits per heavy atom. The first kappa shape index (κ1) is 15.8. The lowest BCUT2D eigenvalue weighted by Crippen LogP contribution is -2.30. The minimum absolute atomic E-state index is 0.295. The predicted molar refractivity (Wildman–Crippen MR) is 76.9 cm³/mol. The molecular weight excluding hydrogens is 289 g/mol. The molecule has 0 aliphatic carbocycles. The maximum atomic E-state index is 13.0. The first-order chi connectivity index (χ1) is 10.5. The van der Waals surface area contributed by atoms with Gasteiger partial charge in [0.05, 0.1) is 24.3 Å². The fraction of sp³-hybridized carbons (Fsp3) is 0.250. The molecule has 0 saturated heterocycles. The van der Waals surface area contributed by atoms with E-state index >= 15 is 0 Å². The molecule has 0 fully saturated rings. The van der Waals surface area contributed by atoms with Crippen molar-refractivity contribution in [3.8, 4) is 0 Å². The maximum Gasteiger partial charge on any atom is 0.305 e. The number of halogens is 1. The van der Waals surface area contributed by atoms with E-state index in [4.69, 9.17) is 9.52 Å². The van der Waals surface area contributed by atoms with E-state index in [1.54, 1.807) is 0 Å². The van der Waals surface area contributed by atoms with Crippen molar-refractivity contribution >= 4 is 11.9 Å².